The number of carbonyl (C=O) groups is 3. The first-order valence-electron chi connectivity index (χ1n) is 11.9. The van der Waals surface area contributed by atoms with Crippen molar-refractivity contribution >= 4 is 34.6 Å². The first-order chi connectivity index (χ1) is 17.0. The quantitative estimate of drug-likeness (QED) is 0.0770. The summed E-state index contributed by atoms with van der Waals surface area (Å²) in [4.78, 5) is 42.9. The number of benzene rings is 1. The number of aromatic nitrogens is 1. The third kappa shape index (κ3) is 14.0. The number of para-hydroxylation sites is 1. The monoisotopic (exact) mass is 691 g/mol. The van der Waals surface area contributed by atoms with E-state index in [-0.39, 0.29) is 18.9 Å². The summed E-state index contributed by atoms with van der Waals surface area (Å²) in [7, 11) is 0. The van der Waals surface area contributed by atoms with Crippen LogP contribution in [0.4, 0.5) is 0 Å². The SMILES string of the molecule is CC(C)C.NC(=O)CNC(=O)[C@H](CCCN=C(N)N)NC(=O)[C@H](N)Cc1c[nH]c2ccccc12.[CH3][Hg]. The van der Waals surface area contributed by atoms with Crippen molar-refractivity contribution in [3.63, 3.8) is 0 Å². The first kappa shape index (κ1) is 33.3. The Hall–Kier alpha value is -2.66. The third-order valence-electron chi connectivity index (χ3n) is 4.47. The molecule has 36 heavy (non-hydrogen) atoms. The van der Waals surface area contributed by atoms with E-state index in [0.29, 0.717) is 19.4 Å². The molecule has 0 aliphatic heterocycles. The molecule has 0 fully saturated rings. The van der Waals surface area contributed by atoms with E-state index in [1.165, 1.54) is 0 Å². The van der Waals surface area contributed by atoms with E-state index < -0.39 is 29.8 Å². The fourth-order valence-corrected chi connectivity index (χ4v) is 2.98. The molecule has 3 amide bonds. The summed E-state index contributed by atoms with van der Waals surface area (Å²) in [6.07, 6.45) is 2.79. The Kier molecular flexibility index (Phi) is 17.2. The van der Waals surface area contributed by atoms with E-state index in [2.05, 4.69) is 45.8 Å². The number of hydrogen-bond donors (Lipinski definition) is 7. The topological polar surface area (TPSA) is 208 Å². The van der Waals surface area contributed by atoms with Crippen molar-refractivity contribution in [1.29, 1.82) is 0 Å². The van der Waals surface area contributed by atoms with Crippen LogP contribution < -0.4 is 33.6 Å². The zero-order valence-corrected chi connectivity index (χ0v) is 27.3. The summed E-state index contributed by atoms with van der Waals surface area (Å²) < 4.78 is 2.19. The van der Waals surface area contributed by atoms with Crippen molar-refractivity contribution in [1.82, 2.24) is 15.6 Å². The van der Waals surface area contributed by atoms with Crippen LogP contribution >= 0.6 is 0 Å². The molecule has 12 heteroatoms. The minimum atomic E-state index is -0.903. The summed E-state index contributed by atoms with van der Waals surface area (Å²) in [5.41, 5.74) is 23.5. The molecule has 0 aliphatic carbocycles. The van der Waals surface area contributed by atoms with Crippen molar-refractivity contribution in [3.05, 3.63) is 36.0 Å². The zero-order valence-electron chi connectivity index (χ0n) is 21.8. The number of hydrogen-bond acceptors (Lipinski definition) is 5. The van der Waals surface area contributed by atoms with Crippen LogP contribution in [-0.4, -0.2) is 53.8 Å². The maximum atomic E-state index is 12.6. The van der Waals surface area contributed by atoms with Crippen LogP contribution in [0.15, 0.2) is 35.5 Å². The van der Waals surface area contributed by atoms with Gasteiger partial charge in [0.1, 0.15) is 6.04 Å². The number of nitrogens with two attached hydrogens (primary N) is 4. The molecule has 0 unspecified atom stereocenters. The molecule has 0 aliphatic rings. The normalized spacial score (nSPS) is 11.8. The molecule has 2 rings (SSSR count). The van der Waals surface area contributed by atoms with E-state index >= 15 is 0 Å². The number of guanidine groups is 1. The summed E-state index contributed by atoms with van der Waals surface area (Å²) in [6, 6.07) is 5.91. The van der Waals surface area contributed by atoms with Crippen LogP contribution in [-0.2, 0) is 46.9 Å². The molecule has 11 N–H and O–H groups in total. The van der Waals surface area contributed by atoms with Crippen molar-refractivity contribution in [3.8, 4) is 0 Å². The van der Waals surface area contributed by atoms with Crippen LogP contribution in [0, 0.1) is 5.92 Å². The van der Waals surface area contributed by atoms with Crippen molar-refractivity contribution in [2.24, 2.45) is 33.8 Å². The van der Waals surface area contributed by atoms with E-state index in [9.17, 15) is 14.4 Å². The van der Waals surface area contributed by atoms with E-state index in [1.807, 2.05) is 30.5 Å². The molecule has 2 atom stereocenters. The second-order valence-corrected chi connectivity index (χ2v) is 8.60. The number of aromatic amines is 1. The Morgan fingerprint density at radius 2 is 1.67 bits per heavy atom. The first-order valence-corrected chi connectivity index (χ1v) is 17.4. The van der Waals surface area contributed by atoms with Gasteiger partial charge in [-0.15, -0.1) is 0 Å². The number of nitrogens with zero attached hydrogens (tertiary/aromatic N) is 1. The number of aliphatic imine (C=N–C) groups is 1. The molecule has 197 valence electrons. The molecule has 0 saturated heterocycles. The number of H-pyrrole nitrogens is 1. The molecule has 0 spiro atoms. The van der Waals surface area contributed by atoms with Gasteiger partial charge >= 0.3 is 30.6 Å². The van der Waals surface area contributed by atoms with Crippen LogP contribution in [0.3, 0.4) is 0 Å². The van der Waals surface area contributed by atoms with Gasteiger partial charge in [0, 0.05) is 23.6 Å². The molecule has 1 heterocycles. The van der Waals surface area contributed by atoms with Gasteiger partial charge in [-0.05, 0) is 36.8 Å². The summed E-state index contributed by atoms with van der Waals surface area (Å²) >= 11 is 1.03. The zero-order chi connectivity index (χ0) is 27.7. The van der Waals surface area contributed by atoms with Gasteiger partial charge in [-0.25, -0.2) is 0 Å². The van der Waals surface area contributed by atoms with E-state index in [1.54, 1.807) is 0 Å². The predicted molar refractivity (Wildman–Crippen MR) is 140 cm³/mol. The maximum absolute atomic E-state index is 12.6. The Balaban J connectivity index is 0.00000185. The summed E-state index contributed by atoms with van der Waals surface area (Å²) in [5, 5.41) is 6.01. The van der Waals surface area contributed by atoms with Gasteiger partial charge in [0.15, 0.2) is 5.96 Å². The number of amides is 3. The van der Waals surface area contributed by atoms with Gasteiger partial charge in [0.2, 0.25) is 17.7 Å². The second-order valence-electron chi connectivity index (χ2n) is 8.60. The van der Waals surface area contributed by atoms with Gasteiger partial charge in [-0.1, -0.05) is 39.0 Å². The Morgan fingerprint density at radius 3 is 2.25 bits per heavy atom. The van der Waals surface area contributed by atoms with Crippen LogP contribution in [0.2, 0.25) is 4.43 Å². The van der Waals surface area contributed by atoms with Gasteiger partial charge in [0.05, 0.1) is 12.6 Å². The average molecular weight is 690 g/mol. The van der Waals surface area contributed by atoms with E-state index in [0.717, 1.165) is 48.5 Å². The molecule has 1 aromatic heterocycles. The van der Waals surface area contributed by atoms with Crippen molar-refractivity contribution < 1.29 is 40.5 Å². The fraction of sp³-hybridized carbons (Fsp3) is 0.500. The van der Waals surface area contributed by atoms with Gasteiger partial charge in [-0.2, -0.15) is 0 Å². The van der Waals surface area contributed by atoms with Crippen LogP contribution in [0.25, 0.3) is 10.9 Å². The second kappa shape index (κ2) is 18.6. The average Bonchev–Trinajstić information content (AvgIpc) is 3.22. The van der Waals surface area contributed by atoms with Crippen LogP contribution in [0.5, 0.6) is 0 Å². The standard InChI is InChI=1S/C19H28N8O3.C4H10.CH3.Hg/c20-13(8-11-9-25-14-5-2-1-4-12(11)14)17(29)27-15(6-3-7-24-19(22)23)18(30)26-10-16(21)28;1-4(2)3;;/h1-2,4-5,9,13,15,25H,3,6-8,10,20H2,(H2,21,28)(H,26,30)(H,27,29)(H4,22,23,24);4H,1-3H3;1H3;/t13-,15+;;;/m1.../s1. The molecule has 2 aromatic rings. The summed E-state index contributed by atoms with van der Waals surface area (Å²) in [5.74, 6) is -0.938. The number of rotatable bonds is 11. The third-order valence-corrected chi connectivity index (χ3v) is 4.47. The van der Waals surface area contributed by atoms with Crippen molar-refractivity contribution in [2.75, 3.05) is 13.1 Å². The molecule has 1 aromatic carbocycles. The molecule has 0 bridgehead atoms. The summed E-state index contributed by atoms with van der Waals surface area (Å²) in [6.45, 7) is 6.46. The predicted octanol–water partition coefficient (Wildman–Crippen LogP) is 0.421. The number of fused-ring (bicyclic) bond motifs is 1. The number of nitrogens with one attached hydrogen (secondary N) is 3. The molecule has 0 radical (unpaired) electrons. The minimum absolute atomic E-state index is 0.0606. The Labute approximate surface area is 229 Å². The fourth-order valence-electron chi connectivity index (χ4n) is 2.98. The number of carbonyl (C=O) groups excluding carboxylic acids is 3. The van der Waals surface area contributed by atoms with Gasteiger partial charge < -0.3 is 38.6 Å². The molecular formula is C24H41HgN8O3. The molecule has 11 nitrogen and oxygen atoms in total. The number of primary amides is 1. The Morgan fingerprint density at radius 1 is 1.06 bits per heavy atom. The van der Waals surface area contributed by atoms with E-state index in [4.69, 9.17) is 22.9 Å². The molecule has 0 saturated carbocycles. The van der Waals surface area contributed by atoms with Crippen molar-refractivity contribution in [2.45, 2.75) is 56.5 Å². The van der Waals surface area contributed by atoms with Gasteiger partial charge in [-0.3, -0.25) is 19.4 Å². The molecular weight excluding hydrogens is 649 g/mol. The Bertz CT molecular complexity index is 970. The van der Waals surface area contributed by atoms with Crippen LogP contribution in [0.1, 0.15) is 39.2 Å². The van der Waals surface area contributed by atoms with Gasteiger partial charge in [0.25, 0.3) is 0 Å².